The number of amides is 3. The van der Waals surface area contributed by atoms with Crippen LogP contribution in [0.1, 0.15) is 242 Å². The Morgan fingerprint density at radius 2 is 0.533 bits per heavy atom. The summed E-state index contributed by atoms with van der Waals surface area (Å²) >= 11 is 0. The zero-order chi connectivity index (χ0) is 108. The monoisotopic (exact) mass is 2090 g/mol. The van der Waals surface area contributed by atoms with E-state index in [0.717, 1.165) is 6.42 Å². The van der Waals surface area contributed by atoms with Crippen molar-refractivity contribution in [2.75, 3.05) is 106 Å². The molecule has 150 heavy (non-hydrogen) atoms. The number of aliphatic hydroxyl groups excluding tert-OH is 1. The summed E-state index contributed by atoms with van der Waals surface area (Å²) in [5.41, 5.74) is 3.98. The number of esters is 8. The van der Waals surface area contributed by atoms with Gasteiger partial charge in [-0.15, -0.1) is 45.9 Å². The van der Waals surface area contributed by atoms with Gasteiger partial charge in [-0.3, -0.25) is 57.6 Å². The predicted octanol–water partition coefficient (Wildman–Crippen LogP) is 4.90. The molecule has 818 valence electrons. The third-order valence-electron chi connectivity index (χ3n) is 25.5. The number of ether oxygens (including phenoxy) is 11. The summed E-state index contributed by atoms with van der Waals surface area (Å²) in [5.74, 6) is -8.09. The Morgan fingerprint density at radius 3 is 0.793 bits per heavy atom. The number of rotatable bonds is 67. The molecule has 2 bridgehead atoms. The van der Waals surface area contributed by atoms with E-state index in [1.165, 1.54) is 14.3 Å². The molecule has 10 heterocycles. The molecule has 2 fully saturated rings. The van der Waals surface area contributed by atoms with Crippen LogP contribution in [-0.4, -0.2) is 316 Å². The van der Waals surface area contributed by atoms with Gasteiger partial charge >= 0.3 is 47.8 Å². The number of hydrogen-bond acceptors (Lipinski definition) is 41. The molecule has 12 rings (SSSR count). The Balaban J connectivity index is 0.713. The largest absolute Gasteiger partial charge is 0.463 e. The lowest BCUT2D eigenvalue weighted by molar-refractivity contribution is -0.149. The van der Waals surface area contributed by atoms with E-state index in [2.05, 4.69) is 110 Å². The van der Waals surface area contributed by atoms with Gasteiger partial charge in [0.2, 0.25) is 17.7 Å². The molecule has 9 aromatic heterocycles. The molecule has 9 aromatic rings. The van der Waals surface area contributed by atoms with Crippen molar-refractivity contribution in [3.63, 3.8) is 0 Å². The van der Waals surface area contributed by atoms with E-state index in [-0.39, 0.29) is 172 Å². The molecule has 0 spiro atoms. The second-order valence-corrected chi connectivity index (χ2v) is 40.6. The van der Waals surface area contributed by atoms with Crippen molar-refractivity contribution in [1.82, 2.24) is 145 Å². The van der Waals surface area contributed by atoms with Crippen molar-refractivity contribution in [3.8, 4) is 0 Å². The molecule has 0 aromatic carbocycles. The Labute approximate surface area is 868 Å². The number of carbonyl (C=O) groups excluding carboxylic acids is 11. The van der Waals surface area contributed by atoms with E-state index in [9.17, 15) is 52.7 Å². The number of nitrogens with zero attached hydrogens (tertiary/aromatic N) is 28. The van der Waals surface area contributed by atoms with Crippen molar-refractivity contribution >= 4 is 65.5 Å². The molecule has 52 nitrogen and oxygen atoms in total. The first-order valence-corrected chi connectivity index (χ1v) is 51.5. The van der Waals surface area contributed by atoms with Crippen LogP contribution >= 0.6 is 0 Å². The van der Waals surface area contributed by atoms with E-state index in [4.69, 9.17) is 57.2 Å². The van der Waals surface area contributed by atoms with Crippen molar-refractivity contribution < 1.29 is 110 Å². The van der Waals surface area contributed by atoms with Gasteiger partial charge in [0, 0.05) is 114 Å². The summed E-state index contributed by atoms with van der Waals surface area (Å²) < 4.78 is 77.2. The van der Waals surface area contributed by atoms with Gasteiger partial charge < -0.3 is 62.5 Å². The summed E-state index contributed by atoms with van der Waals surface area (Å²) in [5, 5.41) is 92.8. The zero-order valence-corrected chi connectivity index (χ0v) is 88.3. The van der Waals surface area contributed by atoms with Crippen LogP contribution in [0.25, 0.3) is 0 Å². The van der Waals surface area contributed by atoms with Gasteiger partial charge in [0.25, 0.3) is 0 Å². The molecule has 52 heteroatoms. The van der Waals surface area contributed by atoms with Crippen LogP contribution < -0.4 is 5.32 Å². The average molecular weight is 2100 g/mol. The number of unbranched alkanes of at least 4 members (excludes halogenated alkanes) is 2. The van der Waals surface area contributed by atoms with Crippen molar-refractivity contribution in [1.29, 1.82) is 0 Å². The maximum Gasteiger partial charge on any atom is 0.308 e. The fraction of sp³-hybridized carbons (Fsp3) is 0.684. The van der Waals surface area contributed by atoms with Crippen molar-refractivity contribution in [2.24, 2.45) is 71.0 Å². The molecule has 1 saturated carbocycles. The minimum absolute atomic E-state index is 0.0536. The minimum Gasteiger partial charge on any atom is -0.463 e. The van der Waals surface area contributed by atoms with E-state index in [1.807, 2.05) is 0 Å². The molecule has 12 atom stereocenters. The third-order valence-corrected chi connectivity index (χ3v) is 25.5. The topological polar surface area (TPSA) is 601 Å². The van der Waals surface area contributed by atoms with Crippen LogP contribution in [0, 0.1) is 71.0 Å². The Hall–Kier alpha value is -13.8. The van der Waals surface area contributed by atoms with E-state index in [1.54, 1.807) is 199 Å². The maximum absolute atomic E-state index is 13.3. The highest BCUT2D eigenvalue weighted by Crippen LogP contribution is 2.52. The molecule has 2 N–H and O–H groups in total. The van der Waals surface area contributed by atoms with Gasteiger partial charge in [0.05, 0.1) is 219 Å². The minimum atomic E-state index is -0.759. The SMILES string of the molecule is CC(C)C(=O)OC[C@@H](Cc1cn(CCOCCOCCOCCO)nn1)n1cc(C[C@H](COC(=O)C(C)C)n2cc(C[C@H](COC(=O)C(C)C)n3cc(C[C@H](COC(=O)C(C)C)n4cc(C[C@H](COC(=O)C(C)C)n5cc(C[C@H](COC(=O)C(C)C)n6cc(C[C@H](COC(=O)C(C)C)n7cc(C[C@H](COC(=O)C(C)C)n8cc(CNC(=O)CCCCCN9C(=O)C%10C%11C=CC(C%11)C%10C9=O)nn8)nn7)nn6)nn5)nn4)nn3)nn2)nn1. The standard InChI is InChI=1S/C98H143N29O23/c1-59(2)91(132)143-51-78(33-69-42-118(109-100-69)24-26-140-28-30-142-31-29-141-27-25-128)120-43-70(101-110-120)34-79(52-144-92(133)60(3)4)121-44-71(102-111-121)35-80(53-145-93(134)61(5)6)122-45-72(103-112-122)36-81(54-146-94(135)62(7)8)123-46-73(104-113-123)37-82(55-147-95(136)63(9)10)124-47-74(105-114-124)38-83(56-148-96(137)64(11)12)125-48-75(106-115-125)39-84(57-149-97(138)65(13)14)126-49-76(107-116-126)40-85(58-150-98(139)66(15)16)127-50-77(108-117-127)41-99-86(129)20-18-17-19-23-119-89(130)87-67-21-22-68(32-67)88(87)90(119)131/h21-22,42-50,59-68,78-85,87-88,128H,17-20,23-41,51-58H2,1-16H3,(H,99,129)/t67?,68?,78-,79-,80-,81-,82-,83-,84-,85-,87?,88?/m1/s1. The second-order valence-electron chi connectivity index (χ2n) is 40.6. The average Bonchev–Trinajstić information content (AvgIpc) is 1.57. The van der Waals surface area contributed by atoms with Gasteiger partial charge in [-0.2, -0.15) is 0 Å². The predicted molar refractivity (Wildman–Crippen MR) is 523 cm³/mol. The third kappa shape index (κ3) is 33.9. The van der Waals surface area contributed by atoms with E-state index < -0.39 is 143 Å². The normalized spacial score (nSPS) is 16.6. The number of hydrogen-bond donors (Lipinski definition) is 2. The summed E-state index contributed by atoms with van der Waals surface area (Å²) in [4.78, 5) is 146. The fourth-order valence-corrected chi connectivity index (χ4v) is 16.7. The highest BCUT2D eigenvalue weighted by molar-refractivity contribution is 6.06. The number of nitrogens with one attached hydrogen (secondary N) is 1. The van der Waals surface area contributed by atoms with Gasteiger partial charge in [-0.05, 0) is 31.1 Å². The van der Waals surface area contributed by atoms with Crippen LogP contribution in [-0.2, 0) is 169 Å². The van der Waals surface area contributed by atoms with Gasteiger partial charge in [0.15, 0.2) is 0 Å². The number of aromatic nitrogens is 27. The number of fused-ring (bicyclic) bond motifs is 5. The van der Waals surface area contributed by atoms with Crippen LogP contribution in [0.4, 0.5) is 0 Å². The number of carbonyl (C=O) groups is 11. The lowest BCUT2D eigenvalue weighted by Crippen LogP contribution is -2.33. The number of likely N-dealkylation sites (tertiary alicyclic amines) is 1. The van der Waals surface area contributed by atoms with Crippen LogP contribution in [0.15, 0.2) is 67.9 Å². The molecule has 3 aliphatic rings. The molecule has 1 saturated heterocycles. The second kappa shape index (κ2) is 56.2. The van der Waals surface area contributed by atoms with Gasteiger partial charge in [0.1, 0.15) is 58.5 Å². The number of imide groups is 1. The molecular weight excluding hydrogens is 1950 g/mol. The summed E-state index contributed by atoms with van der Waals surface area (Å²) in [7, 11) is 0. The Kier molecular flexibility index (Phi) is 43.0. The Morgan fingerprint density at radius 1 is 0.300 bits per heavy atom. The highest BCUT2D eigenvalue weighted by Gasteiger charge is 2.59. The van der Waals surface area contributed by atoms with Crippen LogP contribution in [0.2, 0.25) is 0 Å². The van der Waals surface area contributed by atoms with Gasteiger partial charge in [-0.1, -0.05) is 176 Å². The zero-order valence-electron chi connectivity index (χ0n) is 88.3. The molecule has 0 radical (unpaired) electrons. The van der Waals surface area contributed by atoms with Crippen molar-refractivity contribution in [3.05, 3.63) is 119 Å². The lowest BCUT2D eigenvalue weighted by atomic mass is 9.85. The smallest absolute Gasteiger partial charge is 0.308 e. The summed E-state index contributed by atoms with van der Waals surface area (Å²) in [6.45, 7) is 28.8. The van der Waals surface area contributed by atoms with Crippen LogP contribution in [0.5, 0.6) is 0 Å². The molecule has 2 aliphatic carbocycles. The molecule has 1 aliphatic heterocycles. The summed E-state index contributed by atoms with van der Waals surface area (Å²) in [6.07, 6.45) is 23.1. The first-order valence-electron chi connectivity index (χ1n) is 51.5. The number of allylic oxidation sites excluding steroid dienone is 2. The quantitative estimate of drug-likeness (QED) is 0.0168. The maximum atomic E-state index is 13.3. The first-order chi connectivity index (χ1) is 71.9. The first kappa shape index (κ1) is 115. The van der Waals surface area contributed by atoms with E-state index >= 15 is 0 Å². The highest BCUT2D eigenvalue weighted by atomic mass is 16.6. The molecular formula is C98H143N29O23. The van der Waals surface area contributed by atoms with Crippen LogP contribution in [0.3, 0.4) is 0 Å². The van der Waals surface area contributed by atoms with E-state index in [0.29, 0.717) is 117 Å². The molecule has 4 unspecified atom stereocenters. The molecule has 3 amide bonds. The van der Waals surface area contributed by atoms with Crippen molar-refractivity contribution in [2.45, 2.75) is 256 Å². The lowest BCUT2D eigenvalue weighted by Gasteiger charge is -2.18. The summed E-state index contributed by atoms with van der Waals surface area (Å²) in [6, 6.07) is -5.65. The fourth-order valence-electron chi connectivity index (χ4n) is 16.7. The van der Waals surface area contributed by atoms with Gasteiger partial charge in [-0.25, -0.2) is 42.1 Å². The Bertz CT molecular complexity index is 5840. The number of aliphatic hydroxyl groups is 1.